The van der Waals surface area contributed by atoms with E-state index in [-0.39, 0.29) is 29.3 Å². The van der Waals surface area contributed by atoms with Crippen molar-refractivity contribution in [3.8, 4) is 0 Å². The molecular weight excluding hydrogens is 404 g/mol. The first-order valence-corrected chi connectivity index (χ1v) is 11.9. The summed E-state index contributed by atoms with van der Waals surface area (Å²) in [7, 11) is 0. The van der Waals surface area contributed by atoms with E-state index >= 15 is 0 Å². The molecule has 32 heavy (non-hydrogen) atoms. The summed E-state index contributed by atoms with van der Waals surface area (Å²) in [6.07, 6.45) is 4.54. The standard InChI is InChI=1S/C25H38N4O3/c1-18-10-6-7-11-20(18)22(30)26-21(23(31)28-14-8-5-9-15-28)19-12-16-29(17-13-19)24(32)27-25(2,3)4/h6-7,10-11,19,21H,5,8-9,12-17H2,1-4H3,(H,26,30)(H,27,32)/t21-/m1/s1. The molecule has 7 nitrogen and oxygen atoms in total. The zero-order chi connectivity index (χ0) is 23.3. The monoisotopic (exact) mass is 442 g/mol. The van der Waals surface area contributed by atoms with Gasteiger partial charge in [0, 0.05) is 37.3 Å². The highest BCUT2D eigenvalue weighted by atomic mass is 16.2. The minimum Gasteiger partial charge on any atom is -0.341 e. The van der Waals surface area contributed by atoms with Crippen molar-refractivity contribution < 1.29 is 14.4 Å². The number of aryl methyl sites for hydroxylation is 1. The number of likely N-dealkylation sites (tertiary alicyclic amines) is 2. The first-order valence-electron chi connectivity index (χ1n) is 11.9. The van der Waals surface area contributed by atoms with Gasteiger partial charge in [-0.25, -0.2) is 4.79 Å². The molecule has 1 atom stereocenters. The van der Waals surface area contributed by atoms with Gasteiger partial charge in [0.1, 0.15) is 6.04 Å². The van der Waals surface area contributed by atoms with E-state index in [1.165, 1.54) is 0 Å². The number of hydrogen-bond acceptors (Lipinski definition) is 3. The van der Waals surface area contributed by atoms with Gasteiger partial charge in [0.2, 0.25) is 5.91 Å². The van der Waals surface area contributed by atoms with E-state index in [2.05, 4.69) is 10.6 Å². The van der Waals surface area contributed by atoms with Gasteiger partial charge in [-0.1, -0.05) is 18.2 Å². The van der Waals surface area contributed by atoms with Crippen LogP contribution in [0.2, 0.25) is 0 Å². The molecule has 2 heterocycles. The maximum Gasteiger partial charge on any atom is 0.317 e. The molecule has 0 bridgehead atoms. The summed E-state index contributed by atoms with van der Waals surface area (Å²) in [6.45, 7) is 10.5. The summed E-state index contributed by atoms with van der Waals surface area (Å²) in [6, 6.07) is 6.82. The molecule has 7 heteroatoms. The van der Waals surface area contributed by atoms with Crippen LogP contribution in [0.1, 0.15) is 68.8 Å². The number of carbonyl (C=O) groups excluding carboxylic acids is 3. The number of nitrogens with one attached hydrogen (secondary N) is 2. The van der Waals surface area contributed by atoms with E-state index in [1.54, 1.807) is 6.07 Å². The predicted molar refractivity (Wildman–Crippen MR) is 125 cm³/mol. The molecule has 4 amide bonds. The molecule has 2 aliphatic rings. The van der Waals surface area contributed by atoms with Crippen LogP contribution in [0, 0.1) is 12.8 Å². The molecule has 0 radical (unpaired) electrons. The molecule has 2 saturated heterocycles. The van der Waals surface area contributed by atoms with Gasteiger partial charge in [0.25, 0.3) is 5.91 Å². The van der Waals surface area contributed by atoms with Gasteiger partial charge >= 0.3 is 6.03 Å². The normalized spacial score (nSPS) is 18.8. The Morgan fingerprint density at radius 1 is 0.938 bits per heavy atom. The fourth-order valence-electron chi connectivity index (χ4n) is 4.57. The summed E-state index contributed by atoms with van der Waals surface area (Å²) in [5.74, 6) is -0.174. The van der Waals surface area contributed by atoms with Gasteiger partial charge < -0.3 is 20.4 Å². The van der Waals surface area contributed by atoms with Crippen LogP contribution >= 0.6 is 0 Å². The molecule has 2 fully saturated rings. The molecule has 0 unspecified atom stereocenters. The van der Waals surface area contributed by atoms with Crippen LogP contribution in [0.4, 0.5) is 4.79 Å². The molecule has 1 aromatic carbocycles. The van der Waals surface area contributed by atoms with E-state index in [0.29, 0.717) is 31.5 Å². The van der Waals surface area contributed by atoms with Gasteiger partial charge in [-0.15, -0.1) is 0 Å². The van der Waals surface area contributed by atoms with Gasteiger partial charge in [0.05, 0.1) is 0 Å². The van der Waals surface area contributed by atoms with Crippen molar-refractivity contribution in [3.63, 3.8) is 0 Å². The van der Waals surface area contributed by atoms with Crippen LogP contribution in [0.3, 0.4) is 0 Å². The Morgan fingerprint density at radius 2 is 1.56 bits per heavy atom. The zero-order valence-corrected chi connectivity index (χ0v) is 19.9. The highest BCUT2D eigenvalue weighted by Crippen LogP contribution is 2.24. The highest BCUT2D eigenvalue weighted by molar-refractivity contribution is 5.98. The molecule has 1 aromatic rings. The second-order valence-electron chi connectivity index (χ2n) is 10.2. The van der Waals surface area contributed by atoms with Crippen molar-refractivity contribution in [1.82, 2.24) is 20.4 Å². The molecule has 0 spiro atoms. The summed E-state index contributed by atoms with van der Waals surface area (Å²) >= 11 is 0. The van der Waals surface area contributed by atoms with Crippen LogP contribution in [-0.4, -0.2) is 65.4 Å². The summed E-state index contributed by atoms with van der Waals surface area (Å²) in [5, 5.41) is 6.08. The molecular formula is C25H38N4O3. The third-order valence-corrected chi connectivity index (χ3v) is 6.39. The minimum atomic E-state index is -0.562. The second-order valence-corrected chi connectivity index (χ2v) is 10.2. The summed E-state index contributed by atoms with van der Waals surface area (Å²) in [4.78, 5) is 42.8. The Balaban J connectivity index is 1.71. The third-order valence-electron chi connectivity index (χ3n) is 6.39. The van der Waals surface area contributed by atoms with E-state index in [0.717, 1.165) is 37.9 Å². The van der Waals surface area contributed by atoms with Crippen LogP contribution in [0.15, 0.2) is 24.3 Å². The summed E-state index contributed by atoms with van der Waals surface area (Å²) < 4.78 is 0. The average Bonchev–Trinajstić information content (AvgIpc) is 2.77. The molecule has 0 aliphatic carbocycles. The SMILES string of the molecule is Cc1ccccc1C(=O)N[C@@H](C(=O)N1CCCCC1)C1CCN(C(=O)NC(C)(C)C)CC1. The van der Waals surface area contributed by atoms with Crippen LogP contribution < -0.4 is 10.6 Å². The second kappa shape index (κ2) is 10.4. The van der Waals surface area contributed by atoms with Crippen molar-refractivity contribution in [2.45, 2.75) is 71.4 Å². The minimum absolute atomic E-state index is 0.0103. The lowest BCUT2D eigenvalue weighted by atomic mass is 9.87. The number of rotatable bonds is 4. The molecule has 2 aliphatic heterocycles. The lowest BCUT2D eigenvalue weighted by Gasteiger charge is -2.39. The number of hydrogen-bond donors (Lipinski definition) is 2. The van der Waals surface area contributed by atoms with Crippen molar-refractivity contribution in [1.29, 1.82) is 0 Å². The van der Waals surface area contributed by atoms with Gasteiger partial charge in [-0.05, 0) is 77.3 Å². The number of urea groups is 1. The van der Waals surface area contributed by atoms with E-state index < -0.39 is 6.04 Å². The van der Waals surface area contributed by atoms with Crippen molar-refractivity contribution in [2.75, 3.05) is 26.2 Å². The first kappa shape index (κ1) is 24.1. The van der Waals surface area contributed by atoms with Crippen molar-refractivity contribution in [3.05, 3.63) is 35.4 Å². The van der Waals surface area contributed by atoms with Crippen molar-refractivity contribution in [2.24, 2.45) is 5.92 Å². The Kier molecular flexibility index (Phi) is 7.80. The maximum absolute atomic E-state index is 13.5. The number of amides is 4. The van der Waals surface area contributed by atoms with E-state index in [1.807, 2.05) is 55.7 Å². The Bertz CT molecular complexity index is 819. The first-order chi connectivity index (χ1) is 15.2. The van der Waals surface area contributed by atoms with Crippen LogP contribution in [0.25, 0.3) is 0 Å². The van der Waals surface area contributed by atoms with Crippen LogP contribution in [-0.2, 0) is 4.79 Å². The quantitative estimate of drug-likeness (QED) is 0.750. The Morgan fingerprint density at radius 3 is 2.16 bits per heavy atom. The van der Waals surface area contributed by atoms with E-state index in [9.17, 15) is 14.4 Å². The number of piperidine rings is 2. The van der Waals surface area contributed by atoms with Crippen LogP contribution in [0.5, 0.6) is 0 Å². The van der Waals surface area contributed by atoms with Gasteiger partial charge in [-0.3, -0.25) is 9.59 Å². The third kappa shape index (κ3) is 6.24. The van der Waals surface area contributed by atoms with Crippen molar-refractivity contribution >= 4 is 17.8 Å². The topological polar surface area (TPSA) is 81.8 Å². The molecule has 2 N–H and O–H groups in total. The van der Waals surface area contributed by atoms with Gasteiger partial charge in [0.15, 0.2) is 0 Å². The number of benzene rings is 1. The Labute approximate surface area is 191 Å². The fourth-order valence-corrected chi connectivity index (χ4v) is 4.57. The zero-order valence-electron chi connectivity index (χ0n) is 19.9. The van der Waals surface area contributed by atoms with E-state index in [4.69, 9.17) is 0 Å². The molecule has 176 valence electrons. The maximum atomic E-state index is 13.5. The largest absolute Gasteiger partial charge is 0.341 e. The lowest BCUT2D eigenvalue weighted by Crippen LogP contribution is -2.57. The highest BCUT2D eigenvalue weighted by Gasteiger charge is 2.37. The molecule has 0 aromatic heterocycles. The fraction of sp³-hybridized carbons (Fsp3) is 0.640. The number of carbonyl (C=O) groups is 3. The molecule has 3 rings (SSSR count). The Hall–Kier alpha value is -2.57. The average molecular weight is 443 g/mol. The number of nitrogens with zero attached hydrogens (tertiary/aromatic N) is 2. The lowest BCUT2D eigenvalue weighted by molar-refractivity contribution is -0.136. The van der Waals surface area contributed by atoms with Gasteiger partial charge in [-0.2, -0.15) is 0 Å². The molecule has 0 saturated carbocycles. The summed E-state index contributed by atoms with van der Waals surface area (Å²) in [5.41, 5.74) is 1.20. The smallest absolute Gasteiger partial charge is 0.317 e. The predicted octanol–water partition coefficient (Wildman–Crippen LogP) is 3.33.